The highest BCUT2D eigenvalue weighted by atomic mass is 32.2. The first-order valence-electron chi connectivity index (χ1n) is 7.45. The highest BCUT2D eigenvalue weighted by Gasteiger charge is 2.28. The van der Waals surface area contributed by atoms with Gasteiger partial charge in [0.25, 0.3) is 0 Å². The summed E-state index contributed by atoms with van der Waals surface area (Å²) in [6, 6.07) is 7.42. The molecule has 0 amide bonds. The number of benzene rings is 1. The summed E-state index contributed by atoms with van der Waals surface area (Å²) >= 11 is 0. The Hall–Kier alpha value is -1.11. The lowest BCUT2D eigenvalue weighted by Gasteiger charge is -2.27. The van der Waals surface area contributed by atoms with Crippen molar-refractivity contribution in [1.82, 2.24) is 9.21 Å². The predicted molar refractivity (Wildman–Crippen MR) is 86.4 cm³/mol. The molecule has 0 spiro atoms. The molecule has 5 nitrogen and oxygen atoms in total. The number of rotatable bonds is 6. The number of likely N-dealkylation sites (tertiary alicyclic amines) is 1. The van der Waals surface area contributed by atoms with Crippen LogP contribution in [0.3, 0.4) is 0 Å². The third kappa shape index (κ3) is 4.18. The number of sulfonamides is 1. The van der Waals surface area contributed by atoms with Crippen LogP contribution < -0.4 is 5.73 Å². The Balaban J connectivity index is 2.01. The summed E-state index contributed by atoms with van der Waals surface area (Å²) in [5.74, 6) is 0.00733. The Bertz CT molecular complexity index is 574. The van der Waals surface area contributed by atoms with Crippen LogP contribution in [0.2, 0.25) is 0 Å². The van der Waals surface area contributed by atoms with Crippen molar-refractivity contribution in [3.8, 4) is 0 Å². The smallest absolute Gasteiger partial charge is 0.218 e. The fourth-order valence-electron chi connectivity index (χ4n) is 2.93. The summed E-state index contributed by atoms with van der Waals surface area (Å²) in [4.78, 5) is 2.35. The molecule has 1 fully saturated rings. The zero-order valence-electron chi connectivity index (χ0n) is 12.8. The van der Waals surface area contributed by atoms with Crippen molar-refractivity contribution in [1.29, 1.82) is 0 Å². The number of nitrogens with zero attached hydrogens (tertiary/aromatic N) is 2. The molecule has 1 aromatic rings. The van der Waals surface area contributed by atoms with E-state index in [1.54, 1.807) is 31.3 Å². The van der Waals surface area contributed by atoms with Crippen molar-refractivity contribution >= 4 is 15.7 Å². The molecule has 118 valence electrons. The number of likely N-dealkylation sites (N-methyl/N-ethyl adjacent to an activating group) is 2. The summed E-state index contributed by atoms with van der Waals surface area (Å²) in [5, 5.41) is 0. The van der Waals surface area contributed by atoms with Crippen molar-refractivity contribution in [2.75, 3.05) is 32.4 Å². The van der Waals surface area contributed by atoms with E-state index in [0.29, 0.717) is 18.3 Å². The maximum atomic E-state index is 12.5. The second-order valence-electron chi connectivity index (χ2n) is 5.71. The normalized spacial score (nSPS) is 20.2. The number of anilines is 1. The lowest BCUT2D eigenvalue weighted by molar-refractivity contribution is 0.237. The molecule has 1 aromatic carbocycles. The van der Waals surface area contributed by atoms with Crippen LogP contribution in [0.5, 0.6) is 0 Å². The van der Waals surface area contributed by atoms with Gasteiger partial charge in [0.2, 0.25) is 10.0 Å². The van der Waals surface area contributed by atoms with Crippen molar-refractivity contribution in [3.05, 3.63) is 29.8 Å². The van der Waals surface area contributed by atoms with E-state index < -0.39 is 10.0 Å². The van der Waals surface area contributed by atoms with Gasteiger partial charge in [0.05, 0.1) is 5.75 Å². The van der Waals surface area contributed by atoms with E-state index in [2.05, 4.69) is 11.8 Å². The molecule has 0 aromatic heterocycles. The summed E-state index contributed by atoms with van der Waals surface area (Å²) in [7, 11) is -1.62. The van der Waals surface area contributed by atoms with Crippen LogP contribution >= 0.6 is 0 Å². The van der Waals surface area contributed by atoms with Gasteiger partial charge >= 0.3 is 0 Å². The minimum absolute atomic E-state index is 0.00733. The average Bonchev–Trinajstić information content (AvgIpc) is 2.85. The van der Waals surface area contributed by atoms with Gasteiger partial charge in [-0.1, -0.05) is 19.1 Å². The monoisotopic (exact) mass is 311 g/mol. The second-order valence-corrected chi connectivity index (χ2v) is 7.78. The molecule has 21 heavy (non-hydrogen) atoms. The fraction of sp³-hybridized carbons (Fsp3) is 0.600. The minimum Gasteiger partial charge on any atom is -0.399 e. The zero-order chi connectivity index (χ0) is 15.5. The van der Waals surface area contributed by atoms with Crippen molar-refractivity contribution in [3.63, 3.8) is 0 Å². The summed E-state index contributed by atoms with van der Waals surface area (Å²) in [6.45, 7) is 4.75. The molecule has 1 atom stereocenters. The van der Waals surface area contributed by atoms with Gasteiger partial charge in [-0.3, -0.25) is 4.90 Å². The number of nitrogen functional groups attached to an aromatic ring is 1. The quantitative estimate of drug-likeness (QED) is 0.809. The molecular formula is C15H25N3O2S. The number of nitrogens with two attached hydrogens (primary N) is 1. The molecule has 0 saturated carbocycles. The Labute approximate surface area is 127 Å². The molecule has 2 N–H and O–H groups in total. The largest absolute Gasteiger partial charge is 0.399 e. The molecule has 1 saturated heterocycles. The van der Waals surface area contributed by atoms with Gasteiger partial charge in [0, 0.05) is 25.3 Å². The minimum atomic E-state index is -3.30. The molecule has 0 aliphatic carbocycles. The van der Waals surface area contributed by atoms with Crippen molar-refractivity contribution in [2.24, 2.45) is 0 Å². The molecular weight excluding hydrogens is 286 g/mol. The average molecular weight is 311 g/mol. The second kappa shape index (κ2) is 6.77. The molecule has 1 aliphatic heterocycles. The first-order chi connectivity index (χ1) is 9.92. The van der Waals surface area contributed by atoms with Crippen LogP contribution in [0, 0.1) is 0 Å². The SMILES string of the molecule is CCN1CCCC1CN(C)S(=O)(=O)Cc1cccc(N)c1. The summed E-state index contributed by atoms with van der Waals surface area (Å²) in [5.41, 5.74) is 7.04. The van der Waals surface area contributed by atoms with E-state index in [1.807, 2.05) is 0 Å². The van der Waals surface area contributed by atoms with Gasteiger partial charge in [-0.25, -0.2) is 12.7 Å². The molecule has 6 heteroatoms. The molecule has 1 unspecified atom stereocenters. The van der Waals surface area contributed by atoms with Crippen LogP contribution in [-0.4, -0.2) is 50.3 Å². The predicted octanol–water partition coefficient (Wildman–Crippen LogP) is 1.51. The van der Waals surface area contributed by atoms with Crippen molar-refractivity contribution < 1.29 is 8.42 Å². The van der Waals surface area contributed by atoms with Crippen LogP contribution in [-0.2, 0) is 15.8 Å². The lowest BCUT2D eigenvalue weighted by atomic mass is 10.2. The van der Waals surface area contributed by atoms with Crippen LogP contribution in [0.25, 0.3) is 0 Å². The fourth-order valence-corrected chi connectivity index (χ4v) is 4.15. The Morgan fingerprint density at radius 1 is 1.43 bits per heavy atom. The van der Waals surface area contributed by atoms with Gasteiger partial charge < -0.3 is 5.73 Å². The number of hydrogen-bond donors (Lipinski definition) is 1. The molecule has 0 radical (unpaired) electrons. The Morgan fingerprint density at radius 3 is 2.86 bits per heavy atom. The molecule has 2 rings (SSSR count). The van der Waals surface area contributed by atoms with E-state index in [4.69, 9.17) is 5.73 Å². The van der Waals surface area contributed by atoms with Crippen LogP contribution in [0.4, 0.5) is 5.69 Å². The molecule has 1 aliphatic rings. The third-order valence-corrected chi connectivity index (χ3v) is 5.95. The van der Waals surface area contributed by atoms with E-state index in [1.165, 1.54) is 4.31 Å². The van der Waals surface area contributed by atoms with Gasteiger partial charge in [-0.2, -0.15) is 0 Å². The standard InChI is InChI=1S/C15H25N3O2S/c1-3-18-9-5-8-15(18)11-17(2)21(19,20)12-13-6-4-7-14(16)10-13/h4,6-7,10,15H,3,5,8-9,11-12,16H2,1-2H3. The molecule has 0 bridgehead atoms. The topological polar surface area (TPSA) is 66.6 Å². The van der Waals surface area contributed by atoms with Crippen LogP contribution in [0.15, 0.2) is 24.3 Å². The van der Waals surface area contributed by atoms with Crippen LogP contribution in [0.1, 0.15) is 25.3 Å². The Morgan fingerprint density at radius 2 is 2.19 bits per heavy atom. The highest BCUT2D eigenvalue weighted by Crippen LogP contribution is 2.19. The van der Waals surface area contributed by atoms with E-state index in [0.717, 1.165) is 31.5 Å². The van der Waals surface area contributed by atoms with Gasteiger partial charge in [0.15, 0.2) is 0 Å². The van der Waals surface area contributed by atoms with Crippen molar-refractivity contribution in [2.45, 2.75) is 31.6 Å². The highest BCUT2D eigenvalue weighted by molar-refractivity contribution is 7.88. The Kier molecular flexibility index (Phi) is 5.24. The van der Waals surface area contributed by atoms with E-state index in [9.17, 15) is 8.42 Å². The van der Waals surface area contributed by atoms with Gasteiger partial charge in [0.1, 0.15) is 0 Å². The maximum Gasteiger partial charge on any atom is 0.218 e. The number of hydrogen-bond acceptors (Lipinski definition) is 4. The molecule has 1 heterocycles. The van der Waals surface area contributed by atoms with E-state index in [-0.39, 0.29) is 5.75 Å². The lowest BCUT2D eigenvalue weighted by Crippen LogP contribution is -2.41. The summed E-state index contributed by atoms with van der Waals surface area (Å²) < 4.78 is 26.4. The van der Waals surface area contributed by atoms with Gasteiger partial charge in [-0.15, -0.1) is 0 Å². The van der Waals surface area contributed by atoms with Gasteiger partial charge in [-0.05, 0) is 43.6 Å². The maximum absolute atomic E-state index is 12.5. The summed E-state index contributed by atoms with van der Waals surface area (Å²) in [6.07, 6.45) is 2.23. The zero-order valence-corrected chi connectivity index (χ0v) is 13.6. The first-order valence-corrected chi connectivity index (χ1v) is 9.06. The first kappa shape index (κ1) is 16.3. The van der Waals surface area contributed by atoms with E-state index >= 15 is 0 Å². The third-order valence-electron chi connectivity index (χ3n) is 4.15.